The maximum atomic E-state index is 12.5. The van der Waals surface area contributed by atoms with E-state index in [9.17, 15) is 18.0 Å². The van der Waals surface area contributed by atoms with Gasteiger partial charge in [0.15, 0.2) is 0 Å². The summed E-state index contributed by atoms with van der Waals surface area (Å²) in [7, 11) is -3.59. The molecule has 9 nitrogen and oxygen atoms in total. The summed E-state index contributed by atoms with van der Waals surface area (Å²) >= 11 is 1.20. The monoisotopic (exact) mass is 465 g/mol. The van der Waals surface area contributed by atoms with Crippen LogP contribution in [0.1, 0.15) is 36.8 Å². The van der Waals surface area contributed by atoms with E-state index in [4.69, 9.17) is 0 Å². The molecule has 1 aromatic heterocycles. The molecule has 2 amide bonds. The zero-order valence-corrected chi connectivity index (χ0v) is 19.3. The quantitative estimate of drug-likeness (QED) is 0.553. The SMILES string of the molecule is CCCCN1CC(C(=O)Nc2nnc(CCNS(=O)(=O)c3ccc(C)cc3)s2)CC1=O. The Morgan fingerprint density at radius 3 is 2.71 bits per heavy atom. The Labute approximate surface area is 186 Å². The number of aryl methyl sites for hydroxylation is 1. The highest BCUT2D eigenvalue weighted by Crippen LogP contribution is 2.22. The van der Waals surface area contributed by atoms with Gasteiger partial charge in [-0.3, -0.25) is 9.59 Å². The van der Waals surface area contributed by atoms with Crippen LogP contribution < -0.4 is 10.0 Å². The molecule has 3 rings (SSSR count). The molecule has 2 N–H and O–H groups in total. The van der Waals surface area contributed by atoms with Gasteiger partial charge in [0.2, 0.25) is 27.0 Å². The minimum atomic E-state index is -3.59. The number of amides is 2. The zero-order chi connectivity index (χ0) is 22.4. The Morgan fingerprint density at radius 2 is 2.00 bits per heavy atom. The van der Waals surface area contributed by atoms with E-state index in [-0.39, 0.29) is 29.7 Å². The zero-order valence-electron chi connectivity index (χ0n) is 17.6. The van der Waals surface area contributed by atoms with Crippen LogP contribution in [0.15, 0.2) is 29.2 Å². The van der Waals surface area contributed by atoms with Crippen LogP contribution in [0, 0.1) is 12.8 Å². The number of nitrogens with one attached hydrogen (secondary N) is 2. The minimum absolute atomic E-state index is 0.00686. The molecule has 0 bridgehead atoms. The van der Waals surface area contributed by atoms with Crippen LogP contribution in [0.25, 0.3) is 0 Å². The summed E-state index contributed by atoms with van der Waals surface area (Å²) in [6.07, 6.45) is 2.48. The molecule has 1 atom stereocenters. The lowest BCUT2D eigenvalue weighted by Gasteiger charge is -2.15. The number of carbonyl (C=O) groups excluding carboxylic acids is 2. The molecule has 11 heteroatoms. The standard InChI is InChI=1S/C20H27N5O4S2/c1-3-4-11-25-13-15(12-18(25)26)19(27)22-20-24-23-17(30-20)9-10-21-31(28,29)16-7-5-14(2)6-8-16/h5-8,15,21H,3-4,9-13H2,1-2H3,(H,22,24,27). The summed E-state index contributed by atoms with van der Waals surface area (Å²) in [6.45, 7) is 5.23. The van der Waals surface area contributed by atoms with Gasteiger partial charge < -0.3 is 10.2 Å². The Balaban J connectivity index is 1.47. The lowest BCUT2D eigenvalue weighted by atomic mass is 10.1. The van der Waals surface area contributed by atoms with Crippen molar-refractivity contribution in [3.63, 3.8) is 0 Å². The van der Waals surface area contributed by atoms with Gasteiger partial charge in [0, 0.05) is 32.5 Å². The van der Waals surface area contributed by atoms with Gasteiger partial charge in [-0.05, 0) is 25.5 Å². The number of likely N-dealkylation sites (tertiary alicyclic amines) is 1. The third kappa shape index (κ3) is 6.31. The summed E-state index contributed by atoms with van der Waals surface area (Å²) in [5.74, 6) is -0.624. The number of unbranched alkanes of at least 4 members (excludes halogenated alkanes) is 1. The number of nitrogens with zero attached hydrogens (tertiary/aromatic N) is 3. The number of hydrogen-bond donors (Lipinski definition) is 2. The van der Waals surface area contributed by atoms with Gasteiger partial charge in [0.25, 0.3) is 0 Å². The van der Waals surface area contributed by atoms with E-state index in [1.807, 2.05) is 6.92 Å². The van der Waals surface area contributed by atoms with Crippen LogP contribution in [0.5, 0.6) is 0 Å². The number of carbonyl (C=O) groups is 2. The second-order valence-corrected chi connectivity index (χ2v) is 10.4. The van der Waals surface area contributed by atoms with Gasteiger partial charge in [-0.2, -0.15) is 0 Å². The van der Waals surface area contributed by atoms with E-state index in [0.717, 1.165) is 18.4 Å². The molecule has 0 radical (unpaired) electrons. The first-order valence-corrected chi connectivity index (χ1v) is 12.6. The van der Waals surface area contributed by atoms with Crippen LogP contribution in [0.3, 0.4) is 0 Å². The van der Waals surface area contributed by atoms with Crippen molar-refractivity contribution in [3.05, 3.63) is 34.8 Å². The van der Waals surface area contributed by atoms with Crippen molar-refractivity contribution in [3.8, 4) is 0 Å². The molecule has 1 aliphatic heterocycles. The smallest absolute Gasteiger partial charge is 0.240 e. The maximum Gasteiger partial charge on any atom is 0.240 e. The number of hydrogen-bond acceptors (Lipinski definition) is 7. The molecule has 0 spiro atoms. The molecular formula is C20H27N5O4S2. The van der Waals surface area contributed by atoms with E-state index in [1.165, 1.54) is 11.3 Å². The molecule has 168 valence electrons. The van der Waals surface area contributed by atoms with Crippen LogP contribution in [-0.4, -0.2) is 55.0 Å². The molecule has 2 aromatic rings. The van der Waals surface area contributed by atoms with Gasteiger partial charge in [-0.15, -0.1) is 10.2 Å². The summed E-state index contributed by atoms with van der Waals surface area (Å²) in [6, 6.07) is 6.62. The molecule has 31 heavy (non-hydrogen) atoms. The highest BCUT2D eigenvalue weighted by Gasteiger charge is 2.34. The average Bonchev–Trinajstić information content (AvgIpc) is 3.33. The highest BCUT2D eigenvalue weighted by atomic mass is 32.2. The van der Waals surface area contributed by atoms with Crippen LogP contribution in [-0.2, 0) is 26.0 Å². The molecule has 1 unspecified atom stereocenters. The fourth-order valence-corrected chi connectivity index (χ4v) is 4.99. The van der Waals surface area contributed by atoms with Gasteiger partial charge in [-0.1, -0.05) is 42.4 Å². The largest absolute Gasteiger partial charge is 0.342 e. The number of rotatable bonds is 10. The van der Waals surface area contributed by atoms with E-state index < -0.39 is 15.9 Å². The third-order valence-corrected chi connectivity index (χ3v) is 7.40. The van der Waals surface area contributed by atoms with E-state index in [1.54, 1.807) is 29.2 Å². The maximum absolute atomic E-state index is 12.5. The molecule has 0 aliphatic carbocycles. The van der Waals surface area contributed by atoms with Crippen molar-refractivity contribution in [1.29, 1.82) is 0 Å². The predicted octanol–water partition coefficient (Wildman–Crippen LogP) is 1.95. The first-order valence-electron chi connectivity index (χ1n) is 10.3. The third-order valence-electron chi connectivity index (χ3n) is 5.03. The minimum Gasteiger partial charge on any atom is -0.342 e. The van der Waals surface area contributed by atoms with Gasteiger partial charge in [0.1, 0.15) is 5.01 Å². The molecular weight excluding hydrogens is 438 g/mol. The second-order valence-electron chi connectivity index (χ2n) is 7.55. The number of sulfonamides is 1. The summed E-state index contributed by atoms with van der Waals surface area (Å²) in [5.41, 5.74) is 0.984. The molecule has 1 saturated heterocycles. The van der Waals surface area contributed by atoms with Crippen LogP contribution >= 0.6 is 11.3 Å². The highest BCUT2D eigenvalue weighted by molar-refractivity contribution is 7.89. The van der Waals surface area contributed by atoms with E-state index in [0.29, 0.717) is 29.6 Å². The van der Waals surface area contributed by atoms with E-state index >= 15 is 0 Å². The number of aromatic nitrogens is 2. The summed E-state index contributed by atoms with van der Waals surface area (Å²) < 4.78 is 27.2. The Kier molecular flexibility index (Phi) is 7.74. The summed E-state index contributed by atoms with van der Waals surface area (Å²) in [4.78, 5) is 26.5. The lowest BCUT2D eigenvalue weighted by molar-refractivity contribution is -0.128. The average molecular weight is 466 g/mol. The first kappa shape index (κ1) is 23.3. The molecule has 1 fully saturated rings. The van der Waals surface area contributed by atoms with Crippen LogP contribution in [0.4, 0.5) is 5.13 Å². The second kappa shape index (κ2) is 10.3. The molecule has 1 aromatic carbocycles. The van der Waals surface area contributed by atoms with Crippen molar-refractivity contribution in [2.75, 3.05) is 25.0 Å². The number of benzene rings is 1. The van der Waals surface area contributed by atoms with Crippen molar-refractivity contribution < 1.29 is 18.0 Å². The molecule has 0 saturated carbocycles. The lowest BCUT2D eigenvalue weighted by Crippen LogP contribution is -2.29. The van der Waals surface area contributed by atoms with Crippen molar-refractivity contribution in [2.45, 2.75) is 44.4 Å². The van der Waals surface area contributed by atoms with Crippen molar-refractivity contribution in [1.82, 2.24) is 19.8 Å². The van der Waals surface area contributed by atoms with Gasteiger partial charge in [0.05, 0.1) is 10.8 Å². The first-order chi connectivity index (χ1) is 14.8. The van der Waals surface area contributed by atoms with Gasteiger partial charge >= 0.3 is 0 Å². The van der Waals surface area contributed by atoms with E-state index in [2.05, 4.69) is 27.2 Å². The van der Waals surface area contributed by atoms with Gasteiger partial charge in [-0.25, -0.2) is 13.1 Å². The Bertz CT molecular complexity index is 1020. The fraction of sp³-hybridized carbons (Fsp3) is 0.500. The normalized spacial score (nSPS) is 16.6. The molecule has 2 heterocycles. The Morgan fingerprint density at radius 1 is 1.26 bits per heavy atom. The van der Waals surface area contributed by atoms with Crippen LogP contribution in [0.2, 0.25) is 0 Å². The summed E-state index contributed by atoms with van der Waals surface area (Å²) in [5, 5.41) is 11.7. The number of anilines is 1. The van der Waals surface area contributed by atoms with Crippen molar-refractivity contribution >= 4 is 38.3 Å². The Hall–Kier alpha value is -2.37. The molecule has 1 aliphatic rings. The predicted molar refractivity (Wildman–Crippen MR) is 118 cm³/mol. The fourth-order valence-electron chi connectivity index (χ4n) is 3.22. The topological polar surface area (TPSA) is 121 Å². The van der Waals surface area contributed by atoms with Crippen molar-refractivity contribution in [2.24, 2.45) is 5.92 Å².